The summed E-state index contributed by atoms with van der Waals surface area (Å²) in [5.74, 6) is 0.294. The average molecular weight is 363 g/mol. The van der Waals surface area contributed by atoms with Crippen LogP contribution in [0.1, 0.15) is 30.0 Å². The van der Waals surface area contributed by atoms with Crippen LogP contribution in [0.25, 0.3) is 0 Å². The van der Waals surface area contributed by atoms with Gasteiger partial charge >= 0.3 is 5.69 Å². The van der Waals surface area contributed by atoms with Crippen molar-refractivity contribution in [3.63, 3.8) is 0 Å². The van der Waals surface area contributed by atoms with Crippen LogP contribution in [0.5, 0.6) is 0 Å². The van der Waals surface area contributed by atoms with Gasteiger partial charge in [-0.05, 0) is 58.5 Å². The van der Waals surface area contributed by atoms with E-state index in [1.165, 1.54) is 11.6 Å². The van der Waals surface area contributed by atoms with Crippen molar-refractivity contribution in [3.8, 4) is 0 Å². The van der Waals surface area contributed by atoms with Gasteiger partial charge in [-0.25, -0.2) is 4.98 Å². The van der Waals surface area contributed by atoms with E-state index in [1.54, 1.807) is 6.20 Å². The number of hydrogen-bond acceptors (Lipinski definition) is 5. The molecule has 1 aromatic heterocycles. The lowest BCUT2D eigenvalue weighted by Gasteiger charge is -2.27. The van der Waals surface area contributed by atoms with Crippen molar-refractivity contribution in [1.82, 2.24) is 4.98 Å². The van der Waals surface area contributed by atoms with Gasteiger partial charge in [-0.2, -0.15) is 0 Å². The maximum Gasteiger partial charge on any atom is 0.312 e. The van der Waals surface area contributed by atoms with Gasteiger partial charge < -0.3 is 11.1 Å². The third-order valence-corrected chi connectivity index (χ3v) is 4.26. The molecule has 1 aliphatic rings. The minimum atomic E-state index is -0.424. The Morgan fingerprint density at radius 1 is 1.41 bits per heavy atom. The molecule has 6 nitrogen and oxygen atoms in total. The number of benzene rings is 1. The summed E-state index contributed by atoms with van der Waals surface area (Å²) in [6.07, 6.45) is 4.46. The fourth-order valence-corrected chi connectivity index (χ4v) is 3.15. The van der Waals surface area contributed by atoms with Crippen molar-refractivity contribution < 1.29 is 4.92 Å². The highest BCUT2D eigenvalue weighted by Crippen LogP contribution is 2.35. The second kappa shape index (κ2) is 5.92. The van der Waals surface area contributed by atoms with E-state index in [2.05, 4.69) is 26.2 Å². The van der Waals surface area contributed by atoms with E-state index in [9.17, 15) is 10.1 Å². The lowest BCUT2D eigenvalue weighted by atomic mass is 9.87. The average Bonchev–Trinajstić information content (AvgIpc) is 2.48. The molecule has 7 heteroatoms. The van der Waals surface area contributed by atoms with Crippen LogP contribution in [0.2, 0.25) is 0 Å². The Hall–Kier alpha value is -2.15. The highest BCUT2D eigenvalue weighted by molar-refractivity contribution is 9.10. The molecule has 3 N–H and O–H groups in total. The van der Waals surface area contributed by atoms with Crippen LogP contribution in [0.4, 0.5) is 17.2 Å². The SMILES string of the molecule is Nc1ccc2c(c1)CCCC2Nc1ncc(Br)cc1[N+](=O)[O-]. The van der Waals surface area contributed by atoms with Crippen LogP contribution in [-0.2, 0) is 6.42 Å². The molecule has 0 bridgehead atoms. The molecule has 0 radical (unpaired) electrons. The van der Waals surface area contributed by atoms with Crippen LogP contribution < -0.4 is 11.1 Å². The molecule has 0 fully saturated rings. The number of nitrogens with one attached hydrogen (secondary N) is 1. The number of nitro groups is 1. The lowest BCUT2D eigenvalue weighted by molar-refractivity contribution is -0.384. The first-order valence-corrected chi connectivity index (χ1v) is 7.78. The molecule has 1 unspecified atom stereocenters. The van der Waals surface area contributed by atoms with Gasteiger partial charge in [-0.1, -0.05) is 6.07 Å². The van der Waals surface area contributed by atoms with Crippen LogP contribution in [0.15, 0.2) is 34.9 Å². The molecule has 0 spiro atoms. The first-order valence-electron chi connectivity index (χ1n) is 6.99. The number of halogens is 1. The molecule has 22 heavy (non-hydrogen) atoms. The van der Waals surface area contributed by atoms with Gasteiger partial charge in [-0.15, -0.1) is 0 Å². The van der Waals surface area contributed by atoms with Gasteiger partial charge in [0.1, 0.15) is 0 Å². The number of anilines is 2. The van der Waals surface area contributed by atoms with Crippen molar-refractivity contribution >= 4 is 33.1 Å². The Bertz CT molecular complexity index is 735. The van der Waals surface area contributed by atoms with E-state index in [0.717, 1.165) is 30.5 Å². The van der Waals surface area contributed by atoms with E-state index in [4.69, 9.17) is 5.73 Å². The third-order valence-electron chi connectivity index (χ3n) is 3.82. The van der Waals surface area contributed by atoms with E-state index in [0.29, 0.717) is 10.3 Å². The Labute approximate surface area is 136 Å². The first kappa shape index (κ1) is 14.8. The highest BCUT2D eigenvalue weighted by Gasteiger charge is 2.24. The normalized spacial score (nSPS) is 16.9. The van der Waals surface area contributed by atoms with Gasteiger partial charge in [0.2, 0.25) is 5.82 Å². The third kappa shape index (κ3) is 2.89. The van der Waals surface area contributed by atoms with Crippen LogP contribution in [-0.4, -0.2) is 9.91 Å². The zero-order valence-electron chi connectivity index (χ0n) is 11.8. The minimum Gasteiger partial charge on any atom is -0.399 e. The minimum absolute atomic E-state index is 0.0109. The first-order chi connectivity index (χ1) is 10.5. The predicted molar refractivity (Wildman–Crippen MR) is 88.7 cm³/mol. The summed E-state index contributed by atoms with van der Waals surface area (Å²) < 4.78 is 0.585. The molecule has 0 aliphatic heterocycles. The molecule has 2 aromatic rings. The van der Waals surface area contributed by atoms with Gasteiger partial charge in [-0.3, -0.25) is 10.1 Å². The molecule has 0 saturated heterocycles. The van der Waals surface area contributed by atoms with Gasteiger partial charge in [0, 0.05) is 22.4 Å². The molecule has 1 atom stereocenters. The smallest absolute Gasteiger partial charge is 0.312 e. The summed E-state index contributed by atoms with van der Waals surface area (Å²) in [6, 6.07) is 7.31. The maximum absolute atomic E-state index is 11.2. The number of pyridine rings is 1. The number of nitrogen functional groups attached to an aromatic ring is 1. The van der Waals surface area contributed by atoms with E-state index in [-0.39, 0.29) is 11.7 Å². The van der Waals surface area contributed by atoms with E-state index in [1.807, 2.05) is 18.2 Å². The standard InChI is InChI=1S/C15H15BrN4O2/c16-10-7-14(20(21)22)15(18-8-10)19-13-3-1-2-9-6-11(17)4-5-12(9)13/h4-8,13H,1-3,17H2,(H,18,19). The molecular weight excluding hydrogens is 348 g/mol. The van der Waals surface area contributed by atoms with E-state index < -0.39 is 4.92 Å². The Kier molecular flexibility index (Phi) is 3.98. The summed E-state index contributed by atoms with van der Waals surface area (Å²) in [4.78, 5) is 14.9. The number of fused-ring (bicyclic) bond motifs is 1. The molecule has 114 valence electrons. The zero-order chi connectivity index (χ0) is 15.7. The number of aryl methyl sites for hydroxylation is 1. The number of nitrogens with two attached hydrogens (primary N) is 1. The summed E-state index contributed by atoms with van der Waals surface area (Å²) in [6.45, 7) is 0. The summed E-state index contributed by atoms with van der Waals surface area (Å²) in [7, 11) is 0. The molecule has 1 aromatic carbocycles. The Morgan fingerprint density at radius 2 is 2.23 bits per heavy atom. The number of nitrogens with zero attached hydrogens (tertiary/aromatic N) is 2. The van der Waals surface area contributed by atoms with Crippen molar-refractivity contribution in [2.45, 2.75) is 25.3 Å². The second-order valence-electron chi connectivity index (χ2n) is 5.33. The van der Waals surface area contributed by atoms with Crippen LogP contribution >= 0.6 is 15.9 Å². The fourth-order valence-electron chi connectivity index (χ4n) is 2.83. The summed E-state index contributed by atoms with van der Waals surface area (Å²) in [5.41, 5.74) is 8.88. The summed E-state index contributed by atoms with van der Waals surface area (Å²) in [5, 5.41) is 14.4. The molecule has 0 amide bonds. The van der Waals surface area contributed by atoms with Gasteiger partial charge in [0.25, 0.3) is 0 Å². The van der Waals surface area contributed by atoms with Crippen molar-refractivity contribution in [3.05, 3.63) is 56.2 Å². The van der Waals surface area contributed by atoms with Crippen molar-refractivity contribution in [2.24, 2.45) is 0 Å². The number of aromatic nitrogens is 1. The largest absolute Gasteiger partial charge is 0.399 e. The van der Waals surface area contributed by atoms with Gasteiger partial charge in [0.05, 0.1) is 11.0 Å². The van der Waals surface area contributed by atoms with Gasteiger partial charge in [0.15, 0.2) is 0 Å². The van der Waals surface area contributed by atoms with Crippen LogP contribution in [0.3, 0.4) is 0 Å². The molecule has 1 heterocycles. The van der Waals surface area contributed by atoms with E-state index >= 15 is 0 Å². The van der Waals surface area contributed by atoms with Crippen molar-refractivity contribution in [1.29, 1.82) is 0 Å². The second-order valence-corrected chi connectivity index (χ2v) is 6.24. The Morgan fingerprint density at radius 3 is 3.00 bits per heavy atom. The number of hydrogen-bond donors (Lipinski definition) is 2. The monoisotopic (exact) mass is 362 g/mol. The topological polar surface area (TPSA) is 94.1 Å². The molecule has 0 saturated carbocycles. The Balaban J connectivity index is 1.94. The molecule has 3 rings (SSSR count). The predicted octanol–water partition coefficient (Wildman–Crippen LogP) is 3.82. The van der Waals surface area contributed by atoms with Crippen LogP contribution in [0, 0.1) is 10.1 Å². The van der Waals surface area contributed by atoms with Crippen molar-refractivity contribution in [2.75, 3.05) is 11.1 Å². The highest BCUT2D eigenvalue weighted by atomic mass is 79.9. The maximum atomic E-state index is 11.2. The zero-order valence-corrected chi connectivity index (χ0v) is 13.3. The summed E-state index contributed by atoms with van der Waals surface area (Å²) >= 11 is 3.21. The number of rotatable bonds is 3. The lowest BCUT2D eigenvalue weighted by Crippen LogP contribution is -2.18. The molecule has 1 aliphatic carbocycles. The quantitative estimate of drug-likeness (QED) is 0.491. The molecular formula is C15H15BrN4O2. The fraction of sp³-hybridized carbons (Fsp3) is 0.267.